The molecule has 1 aliphatic heterocycles. The van der Waals surface area contributed by atoms with Gasteiger partial charge in [-0.3, -0.25) is 9.58 Å². The van der Waals surface area contributed by atoms with Gasteiger partial charge in [0.1, 0.15) is 6.10 Å². The molecule has 114 valence electrons. The van der Waals surface area contributed by atoms with Crippen LogP contribution >= 0.6 is 0 Å². The van der Waals surface area contributed by atoms with Gasteiger partial charge >= 0.3 is 0 Å². The first-order chi connectivity index (χ1) is 9.61. The van der Waals surface area contributed by atoms with Crippen molar-refractivity contribution in [3.63, 3.8) is 0 Å². The van der Waals surface area contributed by atoms with E-state index < -0.39 is 6.10 Å². The van der Waals surface area contributed by atoms with Gasteiger partial charge in [-0.25, -0.2) is 0 Å². The van der Waals surface area contributed by atoms with Crippen LogP contribution in [0.3, 0.4) is 0 Å². The summed E-state index contributed by atoms with van der Waals surface area (Å²) in [7, 11) is 0. The largest absolute Gasteiger partial charge is 0.386 e. The van der Waals surface area contributed by atoms with Crippen molar-refractivity contribution in [3.05, 3.63) is 18.0 Å². The van der Waals surface area contributed by atoms with E-state index in [1.54, 1.807) is 0 Å². The number of piperidine rings is 1. The van der Waals surface area contributed by atoms with E-state index in [0.717, 1.165) is 38.0 Å². The Labute approximate surface area is 122 Å². The molecule has 0 aromatic carbocycles. The summed E-state index contributed by atoms with van der Waals surface area (Å²) in [5.74, 6) is 0. The van der Waals surface area contributed by atoms with Crippen LogP contribution in [-0.2, 0) is 6.54 Å². The maximum Gasteiger partial charge on any atom is 0.100 e. The second-order valence-corrected chi connectivity index (χ2v) is 6.20. The van der Waals surface area contributed by atoms with Crippen molar-refractivity contribution in [2.75, 3.05) is 13.1 Å². The van der Waals surface area contributed by atoms with Crippen molar-refractivity contribution < 1.29 is 5.11 Å². The summed E-state index contributed by atoms with van der Waals surface area (Å²) in [5, 5.41) is 15.2. The van der Waals surface area contributed by atoms with Crippen molar-refractivity contribution in [2.24, 2.45) is 0 Å². The first-order valence-corrected chi connectivity index (χ1v) is 8.07. The molecular formula is C16H29N3O. The number of aryl methyl sites for hydroxylation is 1. The van der Waals surface area contributed by atoms with E-state index in [4.69, 9.17) is 0 Å². The molecule has 0 radical (unpaired) electrons. The second kappa shape index (κ2) is 6.72. The molecule has 4 nitrogen and oxygen atoms in total. The third kappa shape index (κ3) is 3.07. The minimum absolute atomic E-state index is 0.180. The number of aliphatic hydroxyl groups is 1. The number of nitrogens with zero attached hydrogens (tertiary/aromatic N) is 3. The normalized spacial score (nSPS) is 21.6. The average molecular weight is 279 g/mol. The molecule has 1 N–H and O–H groups in total. The highest BCUT2D eigenvalue weighted by atomic mass is 16.3. The number of rotatable bonds is 6. The van der Waals surface area contributed by atoms with Crippen LogP contribution in [0.1, 0.15) is 64.5 Å². The fraction of sp³-hybridized carbons (Fsp3) is 0.812. The van der Waals surface area contributed by atoms with E-state index >= 15 is 0 Å². The predicted octanol–water partition coefficient (Wildman–Crippen LogP) is 2.98. The SMILES string of the molecule is CCCn1cc(C(O)C(C)(CC)N2CCCCC2)cn1. The van der Waals surface area contributed by atoms with Crippen molar-refractivity contribution in [3.8, 4) is 0 Å². The molecule has 1 aliphatic rings. The molecule has 1 saturated heterocycles. The molecule has 4 heteroatoms. The maximum atomic E-state index is 10.9. The Morgan fingerprint density at radius 1 is 1.30 bits per heavy atom. The van der Waals surface area contributed by atoms with Crippen LogP contribution in [-0.4, -0.2) is 38.4 Å². The highest BCUT2D eigenvalue weighted by Crippen LogP contribution is 2.35. The number of aliphatic hydroxyl groups excluding tert-OH is 1. The third-order valence-electron chi connectivity index (χ3n) is 4.80. The quantitative estimate of drug-likeness (QED) is 0.870. The summed E-state index contributed by atoms with van der Waals surface area (Å²) >= 11 is 0. The van der Waals surface area contributed by atoms with Gasteiger partial charge in [0.05, 0.1) is 6.20 Å². The van der Waals surface area contributed by atoms with Crippen molar-refractivity contribution in [1.82, 2.24) is 14.7 Å². The highest BCUT2D eigenvalue weighted by Gasteiger charge is 2.39. The average Bonchev–Trinajstić information content (AvgIpc) is 2.95. The van der Waals surface area contributed by atoms with Gasteiger partial charge in [0, 0.05) is 23.8 Å². The molecule has 2 atom stereocenters. The lowest BCUT2D eigenvalue weighted by molar-refractivity contribution is -0.0352. The smallest absolute Gasteiger partial charge is 0.100 e. The molecule has 0 amide bonds. The summed E-state index contributed by atoms with van der Waals surface area (Å²) in [6.07, 6.45) is 9.21. The number of hydrogen-bond donors (Lipinski definition) is 1. The fourth-order valence-corrected chi connectivity index (χ4v) is 3.23. The van der Waals surface area contributed by atoms with Crippen LogP contribution in [0.25, 0.3) is 0 Å². The second-order valence-electron chi connectivity index (χ2n) is 6.20. The molecule has 2 heterocycles. The van der Waals surface area contributed by atoms with Gasteiger partial charge in [0.2, 0.25) is 0 Å². The third-order valence-corrected chi connectivity index (χ3v) is 4.80. The van der Waals surface area contributed by atoms with Crippen LogP contribution < -0.4 is 0 Å². The molecule has 0 saturated carbocycles. The van der Waals surface area contributed by atoms with Gasteiger partial charge in [0.25, 0.3) is 0 Å². The van der Waals surface area contributed by atoms with Gasteiger partial charge < -0.3 is 5.11 Å². The lowest BCUT2D eigenvalue weighted by atomic mass is 9.85. The maximum absolute atomic E-state index is 10.9. The number of likely N-dealkylation sites (tertiary alicyclic amines) is 1. The first kappa shape index (κ1) is 15.5. The summed E-state index contributed by atoms with van der Waals surface area (Å²) in [6.45, 7) is 9.63. The Morgan fingerprint density at radius 3 is 2.60 bits per heavy atom. The molecule has 2 unspecified atom stereocenters. The summed E-state index contributed by atoms with van der Waals surface area (Å²) in [6, 6.07) is 0. The zero-order valence-electron chi connectivity index (χ0n) is 13.2. The molecule has 1 fully saturated rings. The van der Waals surface area contributed by atoms with E-state index in [1.807, 2.05) is 17.1 Å². The molecule has 2 rings (SSSR count). The lowest BCUT2D eigenvalue weighted by Crippen LogP contribution is -2.52. The number of aromatic nitrogens is 2. The standard InChI is InChI=1S/C16H29N3O/c1-4-9-19-13-14(12-17-19)15(20)16(3,5-2)18-10-7-6-8-11-18/h12-13,15,20H,4-11H2,1-3H3. The van der Waals surface area contributed by atoms with E-state index in [2.05, 4.69) is 30.8 Å². The minimum atomic E-state index is -0.462. The van der Waals surface area contributed by atoms with Gasteiger partial charge in [-0.1, -0.05) is 20.3 Å². The van der Waals surface area contributed by atoms with Crippen molar-refractivity contribution in [1.29, 1.82) is 0 Å². The van der Waals surface area contributed by atoms with E-state index in [1.165, 1.54) is 19.3 Å². The van der Waals surface area contributed by atoms with Gasteiger partial charge in [-0.2, -0.15) is 5.10 Å². The molecule has 1 aromatic heterocycles. The van der Waals surface area contributed by atoms with Crippen LogP contribution in [0.15, 0.2) is 12.4 Å². The van der Waals surface area contributed by atoms with Crippen LogP contribution in [0.5, 0.6) is 0 Å². The Bertz CT molecular complexity index is 412. The Kier molecular flexibility index (Phi) is 5.22. The van der Waals surface area contributed by atoms with Gasteiger partial charge in [-0.15, -0.1) is 0 Å². The van der Waals surface area contributed by atoms with E-state index in [-0.39, 0.29) is 5.54 Å². The van der Waals surface area contributed by atoms with E-state index in [0.29, 0.717) is 0 Å². The Morgan fingerprint density at radius 2 is 2.00 bits per heavy atom. The van der Waals surface area contributed by atoms with Crippen LogP contribution in [0, 0.1) is 0 Å². The molecule has 0 aliphatic carbocycles. The summed E-state index contributed by atoms with van der Waals surface area (Å²) in [4.78, 5) is 2.47. The summed E-state index contributed by atoms with van der Waals surface area (Å²) < 4.78 is 1.94. The Balaban J connectivity index is 2.15. The number of hydrogen-bond acceptors (Lipinski definition) is 3. The molecule has 20 heavy (non-hydrogen) atoms. The van der Waals surface area contributed by atoms with Crippen LogP contribution in [0.2, 0.25) is 0 Å². The van der Waals surface area contributed by atoms with E-state index in [9.17, 15) is 5.11 Å². The highest BCUT2D eigenvalue weighted by molar-refractivity contribution is 5.14. The zero-order chi connectivity index (χ0) is 14.6. The zero-order valence-corrected chi connectivity index (χ0v) is 13.2. The lowest BCUT2D eigenvalue weighted by Gasteiger charge is -2.45. The summed E-state index contributed by atoms with van der Waals surface area (Å²) in [5.41, 5.74) is 0.772. The van der Waals surface area contributed by atoms with Gasteiger partial charge in [0.15, 0.2) is 0 Å². The van der Waals surface area contributed by atoms with Crippen molar-refractivity contribution in [2.45, 2.75) is 71.1 Å². The molecule has 1 aromatic rings. The molecule has 0 spiro atoms. The topological polar surface area (TPSA) is 41.3 Å². The monoisotopic (exact) mass is 279 g/mol. The van der Waals surface area contributed by atoms with Crippen molar-refractivity contribution >= 4 is 0 Å². The van der Waals surface area contributed by atoms with Crippen LogP contribution in [0.4, 0.5) is 0 Å². The molecular weight excluding hydrogens is 250 g/mol. The minimum Gasteiger partial charge on any atom is -0.386 e. The predicted molar refractivity (Wildman–Crippen MR) is 81.6 cm³/mol. The first-order valence-electron chi connectivity index (χ1n) is 8.07. The molecule has 0 bridgehead atoms. The Hall–Kier alpha value is -0.870. The van der Waals surface area contributed by atoms with Gasteiger partial charge in [-0.05, 0) is 45.7 Å². The fourth-order valence-electron chi connectivity index (χ4n) is 3.23.